The summed E-state index contributed by atoms with van der Waals surface area (Å²) in [6.07, 6.45) is 6.68. The van der Waals surface area contributed by atoms with Gasteiger partial charge in [-0.3, -0.25) is 0 Å². The molecule has 0 aliphatic carbocycles. The minimum atomic E-state index is 0.175. The van der Waals surface area contributed by atoms with Gasteiger partial charge in [-0.15, -0.1) is 11.3 Å². The van der Waals surface area contributed by atoms with Crippen LogP contribution in [0.15, 0.2) is 12.3 Å². The number of allylic oxidation sites excluding steroid dienone is 2. The van der Waals surface area contributed by atoms with Crippen molar-refractivity contribution in [2.45, 2.75) is 52.9 Å². The molecule has 0 bridgehead atoms. The van der Waals surface area contributed by atoms with Crippen LogP contribution in [0.25, 0.3) is 5.57 Å². The van der Waals surface area contributed by atoms with Gasteiger partial charge >= 0.3 is 0 Å². The predicted molar refractivity (Wildman–Crippen MR) is 69.4 cm³/mol. The van der Waals surface area contributed by atoms with Crippen LogP contribution in [0.3, 0.4) is 0 Å². The molecule has 0 aromatic carbocycles. The van der Waals surface area contributed by atoms with Crippen molar-refractivity contribution in [3.63, 3.8) is 0 Å². The van der Waals surface area contributed by atoms with Crippen LogP contribution >= 0.6 is 11.3 Å². The maximum Gasteiger partial charge on any atom is 0.0984 e. The van der Waals surface area contributed by atoms with Gasteiger partial charge < -0.3 is 0 Å². The van der Waals surface area contributed by atoms with Gasteiger partial charge in [0.15, 0.2) is 0 Å². The summed E-state index contributed by atoms with van der Waals surface area (Å²) < 4.78 is 0. The van der Waals surface area contributed by atoms with Gasteiger partial charge in [0.2, 0.25) is 0 Å². The second-order valence-corrected chi connectivity index (χ2v) is 5.99. The largest absolute Gasteiger partial charge is 0.248 e. The number of nitrogens with zero attached hydrogens (tertiary/aromatic N) is 1. The van der Waals surface area contributed by atoms with Gasteiger partial charge in [-0.25, -0.2) is 4.98 Å². The van der Waals surface area contributed by atoms with Crippen molar-refractivity contribution in [1.82, 2.24) is 4.98 Å². The fourth-order valence-corrected chi connectivity index (χ4v) is 2.23. The van der Waals surface area contributed by atoms with Crippen LogP contribution in [-0.4, -0.2) is 4.98 Å². The highest BCUT2D eigenvalue weighted by atomic mass is 32.1. The molecule has 84 valence electrons. The Bertz CT molecular complexity index is 342. The molecule has 0 N–H and O–H groups in total. The Morgan fingerprint density at radius 3 is 2.60 bits per heavy atom. The smallest absolute Gasteiger partial charge is 0.0984 e. The third kappa shape index (κ3) is 3.45. The van der Waals surface area contributed by atoms with Gasteiger partial charge in [0.1, 0.15) is 0 Å². The lowest BCUT2D eigenvalue weighted by Crippen LogP contribution is -2.09. The summed E-state index contributed by atoms with van der Waals surface area (Å²) in [6, 6.07) is 0. The first kappa shape index (κ1) is 12.4. The van der Waals surface area contributed by atoms with E-state index in [4.69, 9.17) is 0 Å². The van der Waals surface area contributed by atoms with Crippen LogP contribution in [-0.2, 0) is 5.41 Å². The molecular weight excluding hydrogens is 202 g/mol. The third-order valence-corrected chi connectivity index (χ3v) is 3.83. The standard InChI is InChI=1S/C13H21NS/c1-6-7-8-10(2)11-9-14-12(15-11)13(3,4)5/h8-9H,6-7H2,1-5H3/b10-8-. The van der Waals surface area contributed by atoms with Crippen molar-refractivity contribution in [2.75, 3.05) is 0 Å². The van der Waals surface area contributed by atoms with E-state index in [1.807, 2.05) is 17.5 Å². The number of aromatic nitrogens is 1. The highest BCUT2D eigenvalue weighted by Gasteiger charge is 2.18. The molecule has 0 unspecified atom stereocenters. The SMILES string of the molecule is CCC/C=C(/C)c1cnc(C(C)(C)C)s1. The van der Waals surface area contributed by atoms with E-state index in [0.29, 0.717) is 0 Å². The normalized spacial score (nSPS) is 13.3. The highest BCUT2D eigenvalue weighted by Crippen LogP contribution is 2.30. The van der Waals surface area contributed by atoms with Gasteiger partial charge in [0.05, 0.1) is 5.01 Å². The van der Waals surface area contributed by atoms with Crippen LogP contribution in [0.1, 0.15) is 57.3 Å². The van der Waals surface area contributed by atoms with Crippen molar-refractivity contribution >= 4 is 16.9 Å². The second kappa shape index (κ2) is 4.93. The van der Waals surface area contributed by atoms with E-state index in [-0.39, 0.29) is 5.41 Å². The molecule has 1 rings (SSSR count). The zero-order valence-corrected chi connectivity index (χ0v) is 11.2. The first-order valence-corrected chi connectivity index (χ1v) is 6.40. The van der Waals surface area contributed by atoms with E-state index >= 15 is 0 Å². The van der Waals surface area contributed by atoms with Crippen LogP contribution < -0.4 is 0 Å². The quantitative estimate of drug-likeness (QED) is 0.727. The number of hydrogen-bond acceptors (Lipinski definition) is 2. The van der Waals surface area contributed by atoms with Crippen LogP contribution in [0.4, 0.5) is 0 Å². The minimum Gasteiger partial charge on any atom is -0.248 e. The Kier molecular flexibility index (Phi) is 4.09. The fourth-order valence-electron chi connectivity index (χ4n) is 1.26. The number of hydrogen-bond donors (Lipinski definition) is 0. The molecule has 0 fully saturated rings. The molecule has 1 aromatic heterocycles. The first-order valence-electron chi connectivity index (χ1n) is 5.58. The van der Waals surface area contributed by atoms with Crippen molar-refractivity contribution in [3.05, 3.63) is 22.2 Å². The zero-order chi connectivity index (χ0) is 11.5. The average Bonchev–Trinajstić information content (AvgIpc) is 2.62. The lowest BCUT2D eigenvalue weighted by molar-refractivity contribution is 0.585. The maximum absolute atomic E-state index is 4.49. The van der Waals surface area contributed by atoms with Crippen LogP contribution in [0, 0.1) is 0 Å². The van der Waals surface area contributed by atoms with E-state index in [1.54, 1.807) is 0 Å². The fraction of sp³-hybridized carbons (Fsp3) is 0.615. The predicted octanol–water partition coefficient (Wildman–Crippen LogP) is 4.64. The maximum atomic E-state index is 4.49. The van der Waals surface area contributed by atoms with Gasteiger partial charge in [-0.1, -0.05) is 40.2 Å². The molecule has 0 saturated heterocycles. The molecule has 0 amide bonds. The summed E-state index contributed by atoms with van der Waals surface area (Å²) in [5, 5.41) is 1.22. The molecule has 1 heterocycles. The number of thiazole rings is 1. The molecule has 0 spiro atoms. The second-order valence-electron chi connectivity index (χ2n) is 4.96. The van der Waals surface area contributed by atoms with Crippen molar-refractivity contribution < 1.29 is 0 Å². The molecule has 2 heteroatoms. The molecule has 0 atom stereocenters. The topological polar surface area (TPSA) is 12.9 Å². The molecule has 1 aromatic rings. The van der Waals surface area contributed by atoms with Gasteiger partial charge in [-0.05, 0) is 18.9 Å². The Labute approximate surface area is 97.3 Å². The van der Waals surface area contributed by atoms with Gasteiger partial charge in [0.25, 0.3) is 0 Å². The molecular formula is C13H21NS. The Morgan fingerprint density at radius 1 is 1.47 bits per heavy atom. The van der Waals surface area contributed by atoms with E-state index in [9.17, 15) is 0 Å². The highest BCUT2D eigenvalue weighted by molar-refractivity contribution is 7.12. The summed E-state index contributed by atoms with van der Waals surface area (Å²) in [5.74, 6) is 0. The Hall–Kier alpha value is -0.630. The number of rotatable bonds is 3. The van der Waals surface area contributed by atoms with Crippen LogP contribution in [0.5, 0.6) is 0 Å². The Balaban J connectivity index is 2.85. The van der Waals surface area contributed by atoms with Crippen molar-refractivity contribution in [3.8, 4) is 0 Å². The molecule has 0 radical (unpaired) electrons. The van der Waals surface area contributed by atoms with E-state index in [1.165, 1.54) is 21.9 Å². The average molecular weight is 223 g/mol. The molecule has 0 aliphatic heterocycles. The summed E-state index contributed by atoms with van der Waals surface area (Å²) in [7, 11) is 0. The first-order chi connectivity index (χ1) is 6.95. The zero-order valence-electron chi connectivity index (χ0n) is 10.4. The lowest BCUT2D eigenvalue weighted by Gasteiger charge is -2.13. The lowest BCUT2D eigenvalue weighted by atomic mass is 9.98. The van der Waals surface area contributed by atoms with Crippen molar-refractivity contribution in [2.24, 2.45) is 0 Å². The summed E-state index contributed by atoms with van der Waals surface area (Å²) in [4.78, 5) is 5.81. The number of unbranched alkanes of at least 4 members (excludes halogenated alkanes) is 1. The monoisotopic (exact) mass is 223 g/mol. The van der Waals surface area contributed by atoms with Crippen LogP contribution in [0.2, 0.25) is 0 Å². The third-order valence-electron chi connectivity index (χ3n) is 2.28. The Morgan fingerprint density at radius 2 is 2.13 bits per heavy atom. The minimum absolute atomic E-state index is 0.175. The van der Waals surface area contributed by atoms with Crippen molar-refractivity contribution in [1.29, 1.82) is 0 Å². The molecule has 1 nitrogen and oxygen atoms in total. The molecule has 15 heavy (non-hydrogen) atoms. The summed E-state index contributed by atoms with van der Waals surface area (Å²) in [5.41, 5.74) is 1.54. The summed E-state index contributed by atoms with van der Waals surface area (Å²) in [6.45, 7) is 11.0. The molecule has 0 saturated carbocycles. The van der Waals surface area contributed by atoms with E-state index in [0.717, 1.165) is 6.42 Å². The van der Waals surface area contributed by atoms with E-state index < -0.39 is 0 Å². The summed E-state index contributed by atoms with van der Waals surface area (Å²) >= 11 is 1.82. The van der Waals surface area contributed by atoms with E-state index in [2.05, 4.69) is 45.7 Å². The molecule has 0 aliphatic rings. The van der Waals surface area contributed by atoms with Gasteiger partial charge in [-0.2, -0.15) is 0 Å². The van der Waals surface area contributed by atoms with Gasteiger partial charge in [0, 0.05) is 16.5 Å².